The molecule has 1 aliphatic rings. The van der Waals surface area contributed by atoms with Gasteiger partial charge in [0.2, 0.25) is 0 Å². The van der Waals surface area contributed by atoms with Gasteiger partial charge in [-0.3, -0.25) is 0 Å². The molecular formula is C22H27N3O. The Hall–Kier alpha value is -2.33. The van der Waals surface area contributed by atoms with Gasteiger partial charge >= 0.3 is 0 Å². The van der Waals surface area contributed by atoms with Gasteiger partial charge in [-0.25, -0.2) is 4.98 Å². The van der Waals surface area contributed by atoms with Gasteiger partial charge in [-0.15, -0.1) is 0 Å². The molecule has 0 radical (unpaired) electrons. The van der Waals surface area contributed by atoms with Gasteiger partial charge in [0.1, 0.15) is 5.75 Å². The first-order valence-electron chi connectivity index (χ1n) is 9.72. The number of rotatable bonds is 4. The summed E-state index contributed by atoms with van der Waals surface area (Å²) in [4.78, 5) is 7.29. The topological polar surface area (TPSA) is 48.4 Å². The maximum Gasteiger partial charge on any atom is 0.117 e. The Kier molecular flexibility index (Phi) is 4.68. The van der Waals surface area contributed by atoms with Crippen LogP contribution in [0.1, 0.15) is 32.3 Å². The first-order chi connectivity index (χ1) is 12.7. The Labute approximate surface area is 154 Å². The summed E-state index contributed by atoms with van der Waals surface area (Å²) < 4.78 is 0. The van der Waals surface area contributed by atoms with E-state index in [-0.39, 0.29) is 5.75 Å². The van der Waals surface area contributed by atoms with Crippen molar-refractivity contribution in [2.24, 2.45) is 0 Å². The Morgan fingerprint density at radius 2 is 1.85 bits per heavy atom. The third-order valence-corrected chi connectivity index (χ3v) is 5.61. The van der Waals surface area contributed by atoms with Crippen LogP contribution < -0.4 is 5.32 Å². The number of aryl methyl sites for hydroxylation is 1. The van der Waals surface area contributed by atoms with Crippen LogP contribution in [0.3, 0.4) is 0 Å². The molecule has 1 saturated heterocycles. The zero-order valence-corrected chi connectivity index (χ0v) is 15.6. The van der Waals surface area contributed by atoms with Crippen molar-refractivity contribution < 1.29 is 5.11 Å². The van der Waals surface area contributed by atoms with Crippen molar-refractivity contribution in [1.29, 1.82) is 0 Å². The molecule has 0 spiro atoms. The van der Waals surface area contributed by atoms with Crippen molar-refractivity contribution in [3.8, 4) is 5.75 Å². The molecule has 0 amide bonds. The molecule has 1 fully saturated rings. The number of fused-ring (bicyclic) bond motifs is 2. The van der Waals surface area contributed by atoms with Crippen LogP contribution in [0.5, 0.6) is 5.75 Å². The summed E-state index contributed by atoms with van der Waals surface area (Å²) in [6, 6.07) is 12.5. The molecule has 0 saturated carbocycles. The Bertz CT molecular complexity index is 929. The van der Waals surface area contributed by atoms with Crippen LogP contribution >= 0.6 is 0 Å². The van der Waals surface area contributed by atoms with Crippen LogP contribution in [0.25, 0.3) is 21.8 Å². The Morgan fingerprint density at radius 1 is 1.04 bits per heavy atom. The predicted molar refractivity (Wildman–Crippen MR) is 109 cm³/mol. The minimum atomic E-state index is 0.261. The van der Waals surface area contributed by atoms with Gasteiger partial charge < -0.3 is 15.3 Å². The van der Waals surface area contributed by atoms with Crippen LogP contribution in [0, 0.1) is 0 Å². The van der Waals surface area contributed by atoms with E-state index in [9.17, 15) is 5.11 Å². The van der Waals surface area contributed by atoms with Gasteiger partial charge in [-0.1, -0.05) is 19.9 Å². The molecule has 3 aromatic rings. The van der Waals surface area contributed by atoms with E-state index in [0.29, 0.717) is 6.04 Å². The molecule has 4 rings (SSSR count). The molecule has 26 heavy (non-hydrogen) atoms. The number of phenols is 1. The number of pyridine rings is 1. The zero-order chi connectivity index (χ0) is 18.1. The van der Waals surface area contributed by atoms with Crippen molar-refractivity contribution in [3.05, 3.63) is 42.0 Å². The van der Waals surface area contributed by atoms with E-state index >= 15 is 0 Å². The normalized spacial score (nSPS) is 16.4. The smallest absolute Gasteiger partial charge is 0.117 e. The summed E-state index contributed by atoms with van der Waals surface area (Å²) in [5.41, 5.74) is 4.31. The number of phenolic OH excluding ortho intramolecular Hbond substituents is 1. The Morgan fingerprint density at radius 3 is 2.58 bits per heavy atom. The van der Waals surface area contributed by atoms with Crippen LogP contribution in [-0.4, -0.2) is 40.7 Å². The molecule has 0 aliphatic carbocycles. The lowest BCUT2D eigenvalue weighted by atomic mass is 10.0. The highest BCUT2D eigenvalue weighted by Gasteiger charge is 2.20. The molecule has 2 aromatic carbocycles. The lowest BCUT2D eigenvalue weighted by Crippen LogP contribution is -2.38. The average molecular weight is 349 g/mol. The first kappa shape index (κ1) is 17.1. The van der Waals surface area contributed by atoms with E-state index in [1.165, 1.54) is 10.9 Å². The molecule has 0 atom stereocenters. The second kappa shape index (κ2) is 7.12. The molecule has 0 unspecified atom stereocenters. The number of hydrogen-bond donors (Lipinski definition) is 2. The standard InChI is InChI=1S/C22H27N3O/c1-3-15-5-8-20-19(13-15)22(18-7-6-17(26)14-21(18)24-20)23-16-9-11-25(4-2)12-10-16/h5-8,13-14,16,26H,3-4,9-12H2,1-2H3,(H,23,24). The third-order valence-electron chi connectivity index (χ3n) is 5.61. The second-order valence-electron chi connectivity index (χ2n) is 7.25. The monoisotopic (exact) mass is 349 g/mol. The number of likely N-dealkylation sites (tertiary alicyclic amines) is 1. The van der Waals surface area contributed by atoms with Gasteiger partial charge in [0.05, 0.1) is 16.7 Å². The quantitative estimate of drug-likeness (QED) is 0.678. The minimum absolute atomic E-state index is 0.261. The lowest BCUT2D eigenvalue weighted by molar-refractivity contribution is 0.230. The van der Waals surface area contributed by atoms with E-state index in [1.54, 1.807) is 12.1 Å². The molecule has 2 N–H and O–H groups in total. The summed E-state index contributed by atoms with van der Waals surface area (Å²) in [5, 5.41) is 16.0. The molecule has 4 nitrogen and oxygen atoms in total. The molecule has 136 valence electrons. The van der Waals surface area contributed by atoms with E-state index in [0.717, 1.165) is 61.0 Å². The van der Waals surface area contributed by atoms with E-state index < -0.39 is 0 Å². The molecule has 1 aromatic heterocycles. The number of nitrogens with one attached hydrogen (secondary N) is 1. The number of anilines is 1. The molecule has 1 aliphatic heterocycles. The van der Waals surface area contributed by atoms with Crippen LogP contribution in [0.15, 0.2) is 36.4 Å². The van der Waals surface area contributed by atoms with Crippen LogP contribution in [0.4, 0.5) is 5.69 Å². The average Bonchev–Trinajstić information content (AvgIpc) is 2.67. The number of piperidine rings is 1. The molecule has 4 heteroatoms. The number of hydrogen-bond acceptors (Lipinski definition) is 4. The fraction of sp³-hybridized carbons (Fsp3) is 0.409. The highest BCUT2D eigenvalue weighted by Crippen LogP contribution is 2.34. The van der Waals surface area contributed by atoms with E-state index in [1.807, 2.05) is 6.07 Å². The van der Waals surface area contributed by atoms with Crippen LogP contribution in [-0.2, 0) is 6.42 Å². The third kappa shape index (κ3) is 3.21. The fourth-order valence-electron chi connectivity index (χ4n) is 3.95. The van der Waals surface area contributed by atoms with Gasteiger partial charge in [0.25, 0.3) is 0 Å². The van der Waals surface area contributed by atoms with Gasteiger partial charge in [0, 0.05) is 36.0 Å². The predicted octanol–water partition coefficient (Wildman–Crippen LogP) is 4.55. The fourth-order valence-corrected chi connectivity index (χ4v) is 3.95. The number of nitrogens with zero attached hydrogens (tertiary/aromatic N) is 2. The summed E-state index contributed by atoms with van der Waals surface area (Å²) >= 11 is 0. The van der Waals surface area contributed by atoms with Gasteiger partial charge in [-0.2, -0.15) is 0 Å². The lowest BCUT2D eigenvalue weighted by Gasteiger charge is -2.32. The van der Waals surface area contributed by atoms with Gasteiger partial charge in [0.15, 0.2) is 0 Å². The summed E-state index contributed by atoms with van der Waals surface area (Å²) in [6.07, 6.45) is 3.33. The van der Waals surface area contributed by atoms with E-state index in [4.69, 9.17) is 4.98 Å². The summed E-state index contributed by atoms with van der Waals surface area (Å²) in [7, 11) is 0. The number of aromatic nitrogens is 1. The Balaban J connectivity index is 1.80. The largest absolute Gasteiger partial charge is 0.508 e. The van der Waals surface area contributed by atoms with Crippen molar-refractivity contribution in [3.63, 3.8) is 0 Å². The molecular weight excluding hydrogens is 322 g/mol. The molecule has 0 bridgehead atoms. The maximum absolute atomic E-state index is 9.89. The second-order valence-corrected chi connectivity index (χ2v) is 7.25. The minimum Gasteiger partial charge on any atom is -0.508 e. The van der Waals surface area contributed by atoms with Crippen LogP contribution in [0.2, 0.25) is 0 Å². The zero-order valence-electron chi connectivity index (χ0n) is 15.6. The number of benzene rings is 2. The highest BCUT2D eigenvalue weighted by molar-refractivity contribution is 6.08. The summed E-state index contributed by atoms with van der Waals surface area (Å²) in [5.74, 6) is 0.261. The van der Waals surface area contributed by atoms with Crippen molar-refractivity contribution in [2.45, 2.75) is 39.2 Å². The van der Waals surface area contributed by atoms with Gasteiger partial charge in [-0.05, 0) is 55.6 Å². The highest BCUT2D eigenvalue weighted by atomic mass is 16.3. The van der Waals surface area contributed by atoms with Crippen molar-refractivity contribution in [1.82, 2.24) is 9.88 Å². The van der Waals surface area contributed by atoms with Crippen molar-refractivity contribution in [2.75, 3.05) is 25.0 Å². The SMILES string of the molecule is CCc1ccc2nc3cc(O)ccc3c(NC3CCN(CC)CC3)c2c1. The van der Waals surface area contributed by atoms with E-state index in [2.05, 4.69) is 42.3 Å². The maximum atomic E-state index is 9.89. The molecule has 2 heterocycles. The first-order valence-corrected chi connectivity index (χ1v) is 9.72. The van der Waals surface area contributed by atoms with Crippen molar-refractivity contribution >= 4 is 27.5 Å². The number of aromatic hydroxyl groups is 1. The summed E-state index contributed by atoms with van der Waals surface area (Å²) in [6.45, 7) is 7.84.